The number of methoxy groups -OCH3 is 1. The van der Waals surface area contributed by atoms with Crippen LogP contribution in [0, 0.1) is 5.82 Å². The minimum absolute atomic E-state index is 0.0277. The van der Waals surface area contributed by atoms with Crippen molar-refractivity contribution < 1.29 is 23.5 Å². The lowest BCUT2D eigenvalue weighted by atomic mass is 10.1. The van der Waals surface area contributed by atoms with E-state index in [0.717, 1.165) is 11.0 Å². The van der Waals surface area contributed by atoms with E-state index in [1.165, 1.54) is 37.4 Å². The molecule has 0 fully saturated rings. The number of fused-ring (bicyclic) bond motifs is 1. The molecule has 8 heteroatoms. The Bertz CT molecular complexity index is 1180. The number of amides is 3. The van der Waals surface area contributed by atoms with Crippen molar-refractivity contribution in [3.05, 3.63) is 88.2 Å². The van der Waals surface area contributed by atoms with E-state index in [1.807, 2.05) is 0 Å². The maximum Gasteiger partial charge on any atom is 0.266 e. The van der Waals surface area contributed by atoms with Crippen molar-refractivity contribution >= 4 is 40.7 Å². The van der Waals surface area contributed by atoms with Crippen molar-refractivity contribution in [3.63, 3.8) is 0 Å². The van der Waals surface area contributed by atoms with Crippen LogP contribution < -0.4 is 15.0 Å². The molecule has 0 aliphatic carbocycles. The van der Waals surface area contributed by atoms with Gasteiger partial charge in [-0.05, 0) is 48.5 Å². The molecule has 1 heterocycles. The van der Waals surface area contributed by atoms with Crippen LogP contribution in [0.1, 0.15) is 31.1 Å². The molecule has 4 rings (SSSR count). The largest absolute Gasteiger partial charge is 0.494 e. The van der Waals surface area contributed by atoms with E-state index < -0.39 is 23.5 Å². The molecule has 1 aliphatic rings. The number of carbonyl (C=O) groups is 3. The summed E-state index contributed by atoms with van der Waals surface area (Å²) in [5, 5.41) is 2.70. The molecule has 3 aromatic rings. The van der Waals surface area contributed by atoms with Gasteiger partial charge >= 0.3 is 0 Å². The highest BCUT2D eigenvalue weighted by molar-refractivity contribution is 6.40. The second kappa shape index (κ2) is 7.61. The number of anilines is 2. The highest BCUT2D eigenvalue weighted by Crippen LogP contribution is 2.35. The van der Waals surface area contributed by atoms with Crippen LogP contribution in [0.4, 0.5) is 15.8 Å². The molecule has 0 aromatic heterocycles. The average Bonchev–Trinajstić information content (AvgIpc) is 2.99. The van der Waals surface area contributed by atoms with E-state index in [1.54, 1.807) is 24.3 Å². The molecule has 0 atom stereocenters. The van der Waals surface area contributed by atoms with Gasteiger partial charge in [-0.2, -0.15) is 0 Å². The summed E-state index contributed by atoms with van der Waals surface area (Å²) in [6.07, 6.45) is 0. The SMILES string of the molecule is COc1ccc(C(=O)Nc2ccc(N3C(=O)c4ccccc4C3=O)c(Cl)c2)cc1F. The fourth-order valence-corrected chi connectivity index (χ4v) is 3.45. The summed E-state index contributed by atoms with van der Waals surface area (Å²) in [5.74, 6) is -2.13. The van der Waals surface area contributed by atoms with Crippen LogP contribution in [0.15, 0.2) is 60.7 Å². The summed E-state index contributed by atoms with van der Waals surface area (Å²) in [5.41, 5.74) is 1.22. The van der Waals surface area contributed by atoms with Crippen LogP contribution in [-0.4, -0.2) is 24.8 Å². The van der Waals surface area contributed by atoms with Gasteiger partial charge in [0.25, 0.3) is 17.7 Å². The third-order valence-electron chi connectivity index (χ3n) is 4.65. The normalized spacial score (nSPS) is 12.7. The van der Waals surface area contributed by atoms with Gasteiger partial charge in [0.1, 0.15) is 0 Å². The first kappa shape index (κ1) is 19.6. The number of benzene rings is 3. The summed E-state index contributed by atoms with van der Waals surface area (Å²) in [6.45, 7) is 0. The molecular formula is C22H14ClFN2O4. The van der Waals surface area contributed by atoms with Gasteiger partial charge in [0.05, 0.1) is 28.9 Å². The van der Waals surface area contributed by atoms with Crippen molar-refractivity contribution in [1.82, 2.24) is 0 Å². The first-order valence-electron chi connectivity index (χ1n) is 8.83. The number of imide groups is 1. The standard InChI is InChI=1S/C22H14ClFN2O4/c1-30-19-9-6-12(10-17(19)24)20(27)25-13-7-8-18(16(23)11-13)26-21(28)14-4-2-3-5-15(14)22(26)29/h2-11H,1H3,(H,25,27). The molecule has 0 bridgehead atoms. The number of hydrogen-bond donors (Lipinski definition) is 1. The highest BCUT2D eigenvalue weighted by atomic mass is 35.5. The molecule has 0 unspecified atom stereocenters. The summed E-state index contributed by atoms with van der Waals surface area (Å²) in [7, 11) is 1.33. The van der Waals surface area contributed by atoms with Crippen LogP contribution >= 0.6 is 11.6 Å². The lowest BCUT2D eigenvalue weighted by Gasteiger charge is -2.16. The van der Waals surface area contributed by atoms with Gasteiger partial charge in [-0.3, -0.25) is 14.4 Å². The van der Waals surface area contributed by atoms with E-state index in [4.69, 9.17) is 16.3 Å². The Kier molecular flexibility index (Phi) is 4.97. The van der Waals surface area contributed by atoms with E-state index in [-0.39, 0.29) is 22.0 Å². The Labute approximate surface area is 175 Å². The van der Waals surface area contributed by atoms with E-state index in [2.05, 4.69) is 5.32 Å². The number of ether oxygens (including phenoxy) is 1. The summed E-state index contributed by atoms with van der Waals surface area (Å²) in [4.78, 5) is 38.6. The molecule has 0 saturated carbocycles. The molecule has 3 amide bonds. The highest BCUT2D eigenvalue weighted by Gasteiger charge is 2.37. The first-order chi connectivity index (χ1) is 14.4. The number of carbonyl (C=O) groups excluding carboxylic acids is 3. The predicted molar refractivity (Wildman–Crippen MR) is 110 cm³/mol. The Morgan fingerprint density at radius 3 is 2.23 bits per heavy atom. The van der Waals surface area contributed by atoms with Crippen LogP contribution in [-0.2, 0) is 0 Å². The van der Waals surface area contributed by atoms with E-state index in [0.29, 0.717) is 16.8 Å². The van der Waals surface area contributed by atoms with Gasteiger partial charge in [-0.15, -0.1) is 0 Å². The van der Waals surface area contributed by atoms with Crippen LogP contribution in [0.2, 0.25) is 5.02 Å². The molecule has 0 radical (unpaired) electrons. The zero-order chi connectivity index (χ0) is 21.4. The van der Waals surface area contributed by atoms with Crippen molar-refractivity contribution in [1.29, 1.82) is 0 Å². The van der Waals surface area contributed by atoms with Crippen molar-refractivity contribution in [3.8, 4) is 5.75 Å². The number of halogens is 2. The van der Waals surface area contributed by atoms with Crippen molar-refractivity contribution in [2.45, 2.75) is 0 Å². The molecule has 150 valence electrons. The smallest absolute Gasteiger partial charge is 0.266 e. The molecule has 3 aromatic carbocycles. The number of hydrogen-bond acceptors (Lipinski definition) is 4. The minimum atomic E-state index is -0.663. The van der Waals surface area contributed by atoms with Gasteiger partial charge < -0.3 is 10.1 Å². The lowest BCUT2D eigenvalue weighted by Crippen LogP contribution is -2.29. The van der Waals surface area contributed by atoms with Gasteiger partial charge in [0.15, 0.2) is 11.6 Å². The van der Waals surface area contributed by atoms with Crippen LogP contribution in [0.5, 0.6) is 5.75 Å². The number of nitrogens with one attached hydrogen (secondary N) is 1. The molecular weight excluding hydrogens is 411 g/mol. The lowest BCUT2D eigenvalue weighted by molar-refractivity contribution is 0.0924. The number of nitrogens with zero attached hydrogens (tertiary/aromatic N) is 1. The molecule has 30 heavy (non-hydrogen) atoms. The Hall–Kier alpha value is -3.71. The van der Waals surface area contributed by atoms with Gasteiger partial charge in [-0.1, -0.05) is 23.7 Å². The molecule has 0 spiro atoms. The molecule has 1 aliphatic heterocycles. The van der Waals surface area contributed by atoms with Crippen LogP contribution in [0.25, 0.3) is 0 Å². The number of rotatable bonds is 4. The maximum atomic E-state index is 13.8. The zero-order valence-corrected chi connectivity index (χ0v) is 16.4. The average molecular weight is 425 g/mol. The van der Waals surface area contributed by atoms with E-state index >= 15 is 0 Å². The summed E-state index contributed by atoms with van der Waals surface area (Å²) in [6, 6.07) is 14.7. The monoisotopic (exact) mass is 424 g/mol. The molecule has 1 N–H and O–H groups in total. The van der Waals surface area contributed by atoms with Crippen molar-refractivity contribution in [2.75, 3.05) is 17.3 Å². The Balaban J connectivity index is 1.57. The Morgan fingerprint density at radius 2 is 1.67 bits per heavy atom. The second-order valence-electron chi connectivity index (χ2n) is 6.46. The second-order valence-corrected chi connectivity index (χ2v) is 6.87. The van der Waals surface area contributed by atoms with Gasteiger partial charge in [0, 0.05) is 11.3 Å². The fourth-order valence-electron chi connectivity index (χ4n) is 3.18. The third kappa shape index (κ3) is 3.29. The topological polar surface area (TPSA) is 75.7 Å². The third-order valence-corrected chi connectivity index (χ3v) is 4.96. The quantitative estimate of drug-likeness (QED) is 0.624. The van der Waals surface area contributed by atoms with Gasteiger partial charge in [0.2, 0.25) is 0 Å². The fraction of sp³-hybridized carbons (Fsp3) is 0.0455. The zero-order valence-electron chi connectivity index (χ0n) is 15.6. The summed E-state index contributed by atoms with van der Waals surface area (Å²) < 4.78 is 18.7. The maximum absolute atomic E-state index is 13.8. The van der Waals surface area contributed by atoms with Crippen molar-refractivity contribution in [2.24, 2.45) is 0 Å². The summed E-state index contributed by atoms with van der Waals surface area (Å²) >= 11 is 6.30. The predicted octanol–water partition coefficient (Wildman–Crippen LogP) is 4.54. The van der Waals surface area contributed by atoms with Crippen LogP contribution in [0.3, 0.4) is 0 Å². The first-order valence-corrected chi connectivity index (χ1v) is 9.20. The minimum Gasteiger partial charge on any atom is -0.494 e. The van der Waals surface area contributed by atoms with Gasteiger partial charge in [-0.25, -0.2) is 9.29 Å². The van der Waals surface area contributed by atoms with E-state index in [9.17, 15) is 18.8 Å². The Morgan fingerprint density at radius 1 is 1.00 bits per heavy atom. The molecule has 0 saturated heterocycles. The molecule has 6 nitrogen and oxygen atoms in total.